The summed E-state index contributed by atoms with van der Waals surface area (Å²) >= 11 is 3.40. The zero-order valence-electron chi connectivity index (χ0n) is 16.7. The molecule has 0 saturated heterocycles. The van der Waals surface area contributed by atoms with Crippen molar-refractivity contribution in [2.45, 2.75) is 19.9 Å². The van der Waals surface area contributed by atoms with Crippen LogP contribution < -0.4 is 5.43 Å². The minimum Gasteiger partial charge on any atom is -0.340 e. The Bertz CT molecular complexity index is 1190. The fourth-order valence-corrected chi connectivity index (χ4v) is 3.85. The van der Waals surface area contributed by atoms with Gasteiger partial charge in [-0.1, -0.05) is 76.6 Å². The third kappa shape index (κ3) is 4.52. The van der Waals surface area contributed by atoms with Gasteiger partial charge in [0, 0.05) is 33.2 Å². The molecule has 0 radical (unpaired) electrons. The Morgan fingerprint density at radius 2 is 1.67 bits per heavy atom. The molecule has 0 bridgehead atoms. The van der Waals surface area contributed by atoms with E-state index in [2.05, 4.69) is 74.3 Å². The summed E-state index contributed by atoms with van der Waals surface area (Å²) in [6.45, 7) is 2.88. The van der Waals surface area contributed by atoms with Crippen LogP contribution in [0.25, 0.3) is 10.9 Å². The van der Waals surface area contributed by atoms with Crippen LogP contribution in [0.2, 0.25) is 0 Å². The van der Waals surface area contributed by atoms with Gasteiger partial charge in [0.05, 0.1) is 12.6 Å². The van der Waals surface area contributed by atoms with Gasteiger partial charge >= 0.3 is 0 Å². The zero-order chi connectivity index (χ0) is 20.9. The molecule has 0 aliphatic heterocycles. The Morgan fingerprint density at radius 1 is 0.967 bits per heavy atom. The monoisotopic (exact) mass is 459 g/mol. The van der Waals surface area contributed by atoms with Crippen LogP contribution in [0.15, 0.2) is 88.4 Å². The van der Waals surface area contributed by atoms with E-state index >= 15 is 0 Å². The number of fused-ring (bicyclic) bond motifs is 1. The van der Waals surface area contributed by atoms with Crippen LogP contribution in [0.4, 0.5) is 0 Å². The third-order valence-corrected chi connectivity index (χ3v) is 5.65. The first-order valence-corrected chi connectivity index (χ1v) is 10.6. The van der Waals surface area contributed by atoms with E-state index in [1.54, 1.807) is 6.21 Å². The van der Waals surface area contributed by atoms with Crippen molar-refractivity contribution in [2.75, 3.05) is 0 Å². The SMILES string of the molecule is Cc1c(C=NNC(=O)Cc2ccc(Br)cc2)c2ccccc2n1Cc1ccccc1. The number of nitrogens with one attached hydrogen (secondary N) is 1. The lowest BCUT2D eigenvalue weighted by atomic mass is 10.1. The Kier molecular flexibility index (Phi) is 6.10. The molecule has 4 nitrogen and oxygen atoms in total. The van der Waals surface area contributed by atoms with Crippen molar-refractivity contribution < 1.29 is 4.79 Å². The smallest absolute Gasteiger partial charge is 0.244 e. The van der Waals surface area contributed by atoms with Crippen molar-refractivity contribution in [1.29, 1.82) is 0 Å². The molecular formula is C25H22BrN3O. The van der Waals surface area contributed by atoms with Gasteiger partial charge in [0.2, 0.25) is 5.91 Å². The number of halogens is 1. The molecule has 5 heteroatoms. The molecule has 4 rings (SSSR count). The largest absolute Gasteiger partial charge is 0.340 e. The van der Waals surface area contributed by atoms with Crippen molar-refractivity contribution >= 4 is 39.0 Å². The fourth-order valence-electron chi connectivity index (χ4n) is 3.59. The molecule has 0 spiro atoms. The number of aromatic nitrogens is 1. The molecule has 1 aromatic heterocycles. The van der Waals surface area contributed by atoms with Gasteiger partial charge in [0.1, 0.15) is 0 Å². The van der Waals surface area contributed by atoms with Crippen molar-refractivity contribution in [1.82, 2.24) is 9.99 Å². The average molecular weight is 460 g/mol. The molecule has 1 N–H and O–H groups in total. The second-order valence-corrected chi connectivity index (χ2v) is 8.10. The molecule has 0 aliphatic carbocycles. The number of carbonyl (C=O) groups is 1. The van der Waals surface area contributed by atoms with E-state index in [-0.39, 0.29) is 5.91 Å². The lowest BCUT2D eigenvalue weighted by Gasteiger charge is -2.08. The lowest BCUT2D eigenvalue weighted by molar-refractivity contribution is -0.120. The van der Waals surface area contributed by atoms with E-state index in [1.807, 2.05) is 42.5 Å². The van der Waals surface area contributed by atoms with Crippen LogP contribution in [0, 0.1) is 6.92 Å². The molecular weight excluding hydrogens is 438 g/mol. The topological polar surface area (TPSA) is 46.4 Å². The predicted molar refractivity (Wildman–Crippen MR) is 126 cm³/mol. The molecule has 0 unspecified atom stereocenters. The van der Waals surface area contributed by atoms with E-state index in [1.165, 1.54) is 5.56 Å². The normalized spacial score (nSPS) is 11.3. The van der Waals surface area contributed by atoms with E-state index < -0.39 is 0 Å². The first-order valence-electron chi connectivity index (χ1n) is 9.80. The Hall–Kier alpha value is -3.18. The van der Waals surface area contributed by atoms with Gasteiger partial charge in [-0.2, -0.15) is 5.10 Å². The number of hydrogen-bond donors (Lipinski definition) is 1. The minimum atomic E-state index is -0.140. The molecule has 1 heterocycles. The van der Waals surface area contributed by atoms with E-state index in [4.69, 9.17) is 0 Å². The number of rotatable bonds is 6. The number of benzene rings is 3. The lowest BCUT2D eigenvalue weighted by Crippen LogP contribution is -2.19. The van der Waals surface area contributed by atoms with Gasteiger partial charge in [0.25, 0.3) is 0 Å². The van der Waals surface area contributed by atoms with E-state index in [0.29, 0.717) is 6.42 Å². The first kappa shape index (κ1) is 20.1. The molecule has 3 aromatic carbocycles. The van der Waals surface area contributed by atoms with E-state index in [9.17, 15) is 4.79 Å². The Morgan fingerprint density at radius 3 is 2.43 bits per heavy atom. The predicted octanol–water partition coefficient (Wildman–Crippen LogP) is 5.45. The highest BCUT2D eigenvalue weighted by atomic mass is 79.9. The highest BCUT2D eigenvalue weighted by Crippen LogP contribution is 2.25. The van der Waals surface area contributed by atoms with Crippen LogP contribution in [-0.2, 0) is 17.8 Å². The summed E-state index contributed by atoms with van der Waals surface area (Å²) in [5.74, 6) is -0.140. The molecule has 0 aliphatic rings. The number of amides is 1. The molecule has 4 aromatic rings. The van der Waals surface area contributed by atoms with Crippen molar-refractivity contribution in [3.63, 3.8) is 0 Å². The molecule has 0 atom stereocenters. The van der Waals surface area contributed by atoms with Gasteiger partial charge < -0.3 is 4.57 Å². The van der Waals surface area contributed by atoms with Crippen LogP contribution in [-0.4, -0.2) is 16.7 Å². The maximum absolute atomic E-state index is 12.2. The summed E-state index contributed by atoms with van der Waals surface area (Å²) in [5, 5.41) is 5.36. The van der Waals surface area contributed by atoms with Crippen LogP contribution >= 0.6 is 15.9 Å². The van der Waals surface area contributed by atoms with Crippen molar-refractivity contribution in [3.8, 4) is 0 Å². The third-order valence-electron chi connectivity index (χ3n) is 5.12. The quantitative estimate of drug-likeness (QED) is 0.302. The second kappa shape index (κ2) is 9.09. The second-order valence-electron chi connectivity index (χ2n) is 7.18. The molecule has 150 valence electrons. The van der Waals surface area contributed by atoms with Gasteiger partial charge in [-0.15, -0.1) is 0 Å². The summed E-state index contributed by atoms with van der Waals surface area (Å²) in [6.07, 6.45) is 2.04. The maximum atomic E-state index is 12.2. The Labute approximate surface area is 184 Å². The summed E-state index contributed by atoms with van der Waals surface area (Å²) in [4.78, 5) is 12.2. The van der Waals surface area contributed by atoms with Gasteiger partial charge in [-0.3, -0.25) is 4.79 Å². The first-order chi connectivity index (χ1) is 14.6. The van der Waals surface area contributed by atoms with Crippen molar-refractivity contribution in [3.05, 3.63) is 106 Å². The molecule has 1 amide bonds. The average Bonchev–Trinajstić information content (AvgIpc) is 3.02. The molecule has 0 fully saturated rings. The van der Waals surface area contributed by atoms with Crippen LogP contribution in [0.5, 0.6) is 0 Å². The molecule has 0 saturated carbocycles. The van der Waals surface area contributed by atoms with Gasteiger partial charge in [0.15, 0.2) is 0 Å². The number of carbonyl (C=O) groups excluding carboxylic acids is 1. The summed E-state index contributed by atoms with van der Waals surface area (Å²) in [6, 6.07) is 26.4. The number of para-hydroxylation sites is 1. The van der Waals surface area contributed by atoms with Crippen LogP contribution in [0.1, 0.15) is 22.4 Å². The Balaban J connectivity index is 1.54. The van der Waals surface area contributed by atoms with Gasteiger partial charge in [-0.05, 0) is 36.2 Å². The molecule has 30 heavy (non-hydrogen) atoms. The van der Waals surface area contributed by atoms with Crippen LogP contribution in [0.3, 0.4) is 0 Å². The number of hydrazone groups is 1. The minimum absolute atomic E-state index is 0.140. The highest BCUT2D eigenvalue weighted by Gasteiger charge is 2.12. The maximum Gasteiger partial charge on any atom is 0.244 e. The number of hydrogen-bond acceptors (Lipinski definition) is 2. The highest BCUT2D eigenvalue weighted by molar-refractivity contribution is 9.10. The summed E-state index contributed by atoms with van der Waals surface area (Å²) < 4.78 is 3.28. The van der Waals surface area contributed by atoms with Gasteiger partial charge in [-0.25, -0.2) is 5.43 Å². The zero-order valence-corrected chi connectivity index (χ0v) is 18.3. The van der Waals surface area contributed by atoms with E-state index in [0.717, 1.165) is 38.7 Å². The summed E-state index contributed by atoms with van der Waals surface area (Å²) in [7, 11) is 0. The summed E-state index contributed by atoms with van der Waals surface area (Å²) in [5.41, 5.74) is 8.13. The van der Waals surface area contributed by atoms with Crippen molar-refractivity contribution in [2.24, 2.45) is 5.10 Å². The standard InChI is InChI=1S/C25H22BrN3O/c1-18-23(16-27-28-25(30)15-19-11-13-21(26)14-12-19)22-9-5-6-10-24(22)29(18)17-20-7-3-2-4-8-20/h2-14,16H,15,17H2,1H3,(H,28,30). The number of nitrogens with zero attached hydrogens (tertiary/aromatic N) is 2. The fraction of sp³-hybridized carbons (Fsp3) is 0.120.